The molecule has 4 rings (SSSR count). The molecular formula is C25H20BrNO5. The first kappa shape index (κ1) is 21.7. The Morgan fingerprint density at radius 2 is 1.91 bits per heavy atom. The van der Waals surface area contributed by atoms with Gasteiger partial charge in [0, 0.05) is 26.9 Å². The second-order valence-corrected chi connectivity index (χ2v) is 8.12. The molecule has 2 aromatic rings. The Morgan fingerprint density at radius 3 is 2.56 bits per heavy atom. The molecule has 1 aliphatic heterocycles. The number of nitrogens with one attached hydrogen (secondary N) is 1. The summed E-state index contributed by atoms with van der Waals surface area (Å²) in [6.07, 6.45) is 5.31. The maximum atomic E-state index is 13.5. The fourth-order valence-corrected chi connectivity index (χ4v) is 4.74. The van der Waals surface area contributed by atoms with Gasteiger partial charge < -0.3 is 19.5 Å². The number of fused-ring (bicyclic) bond motifs is 2. The van der Waals surface area contributed by atoms with Crippen LogP contribution < -0.4 is 14.8 Å². The van der Waals surface area contributed by atoms with Crippen LogP contribution in [-0.2, 0) is 9.53 Å². The molecule has 0 spiro atoms. The van der Waals surface area contributed by atoms with Crippen LogP contribution in [0.25, 0.3) is 5.70 Å². The predicted molar refractivity (Wildman–Crippen MR) is 123 cm³/mol. The number of carbonyl (C=O) groups is 2. The number of rotatable bonds is 5. The summed E-state index contributed by atoms with van der Waals surface area (Å²) in [5, 5.41) is 3.26. The number of esters is 1. The first-order valence-electron chi connectivity index (χ1n) is 9.81. The minimum atomic E-state index is -0.677. The summed E-state index contributed by atoms with van der Waals surface area (Å²) < 4.78 is 16.8. The van der Waals surface area contributed by atoms with E-state index >= 15 is 0 Å². The molecule has 0 saturated heterocycles. The van der Waals surface area contributed by atoms with Crippen LogP contribution in [0, 0.1) is 12.3 Å². The second kappa shape index (κ2) is 8.56. The van der Waals surface area contributed by atoms with E-state index in [1.54, 1.807) is 25.1 Å². The molecule has 0 amide bonds. The van der Waals surface area contributed by atoms with Crippen molar-refractivity contribution < 1.29 is 23.8 Å². The number of benzene rings is 2. The van der Waals surface area contributed by atoms with Crippen molar-refractivity contribution >= 4 is 33.4 Å². The minimum Gasteiger partial charge on any atom is -0.493 e. The van der Waals surface area contributed by atoms with Gasteiger partial charge in [-0.2, -0.15) is 0 Å². The Bertz CT molecular complexity index is 1250. The van der Waals surface area contributed by atoms with E-state index in [1.807, 2.05) is 18.2 Å². The molecule has 0 saturated carbocycles. The summed E-state index contributed by atoms with van der Waals surface area (Å²) in [5.74, 6) is 1.97. The Kier molecular flexibility index (Phi) is 5.81. The summed E-state index contributed by atoms with van der Waals surface area (Å²) in [6, 6.07) is 10.9. The van der Waals surface area contributed by atoms with Crippen molar-refractivity contribution in [2.45, 2.75) is 12.8 Å². The fraction of sp³-hybridized carbons (Fsp3) is 0.200. The van der Waals surface area contributed by atoms with Crippen molar-refractivity contribution in [2.24, 2.45) is 0 Å². The molecule has 1 aliphatic carbocycles. The molecule has 1 atom stereocenters. The van der Waals surface area contributed by atoms with Gasteiger partial charge in [-0.25, -0.2) is 4.79 Å². The maximum absolute atomic E-state index is 13.5. The quantitative estimate of drug-likeness (QED) is 0.496. The number of terminal acetylenes is 1. The van der Waals surface area contributed by atoms with Gasteiger partial charge in [0.2, 0.25) is 0 Å². The first-order valence-corrected chi connectivity index (χ1v) is 10.6. The zero-order valence-corrected chi connectivity index (χ0v) is 19.3. The smallest absolute Gasteiger partial charge is 0.336 e. The summed E-state index contributed by atoms with van der Waals surface area (Å²) in [5.41, 5.74) is 4.21. The molecule has 0 fully saturated rings. The Hall–Kier alpha value is -3.50. The molecule has 162 valence electrons. The molecule has 1 heterocycles. The van der Waals surface area contributed by atoms with Gasteiger partial charge in [-0.1, -0.05) is 46.1 Å². The van der Waals surface area contributed by atoms with Gasteiger partial charge >= 0.3 is 5.97 Å². The van der Waals surface area contributed by atoms with Crippen LogP contribution in [-0.4, -0.2) is 32.6 Å². The van der Waals surface area contributed by atoms with Crippen LogP contribution in [0.4, 0.5) is 0 Å². The highest BCUT2D eigenvalue weighted by Crippen LogP contribution is 2.49. The number of hydrogen-bond donors (Lipinski definition) is 1. The van der Waals surface area contributed by atoms with Crippen molar-refractivity contribution in [1.29, 1.82) is 0 Å². The maximum Gasteiger partial charge on any atom is 0.336 e. The topological polar surface area (TPSA) is 73.9 Å². The lowest BCUT2D eigenvalue weighted by Gasteiger charge is -2.30. The molecule has 0 aromatic heterocycles. The highest BCUT2D eigenvalue weighted by atomic mass is 79.9. The van der Waals surface area contributed by atoms with Crippen LogP contribution in [0.15, 0.2) is 57.7 Å². The van der Waals surface area contributed by atoms with Crippen LogP contribution in [0.1, 0.15) is 34.3 Å². The summed E-state index contributed by atoms with van der Waals surface area (Å²) in [7, 11) is 2.84. The lowest BCUT2D eigenvalue weighted by atomic mass is 9.79. The van der Waals surface area contributed by atoms with Gasteiger partial charge in [0.15, 0.2) is 17.3 Å². The minimum absolute atomic E-state index is 0.0744. The van der Waals surface area contributed by atoms with Crippen molar-refractivity contribution in [1.82, 2.24) is 5.32 Å². The van der Waals surface area contributed by atoms with E-state index in [0.29, 0.717) is 49.6 Å². The molecule has 7 heteroatoms. The molecule has 1 N–H and O–H groups in total. The number of Topliss-reactive ketones (excluding diaryl/α,β-unsaturated/α-hetero) is 1. The average molecular weight is 494 g/mol. The largest absolute Gasteiger partial charge is 0.493 e. The number of halogens is 1. The molecule has 2 aliphatic rings. The first-order chi connectivity index (χ1) is 15.4. The van der Waals surface area contributed by atoms with Crippen LogP contribution in [0.3, 0.4) is 0 Å². The van der Waals surface area contributed by atoms with E-state index in [4.69, 9.17) is 20.6 Å². The summed E-state index contributed by atoms with van der Waals surface area (Å²) in [4.78, 5) is 26.3. The van der Waals surface area contributed by atoms with Gasteiger partial charge in [0.25, 0.3) is 0 Å². The SMILES string of the molecule is C#CCOc1cc(Br)c([C@H]2C(C(=O)OC)=C(C)NC3=C2C(=O)c2ccccc23)cc1OC. The highest BCUT2D eigenvalue weighted by molar-refractivity contribution is 9.10. The van der Waals surface area contributed by atoms with Crippen molar-refractivity contribution in [2.75, 3.05) is 20.8 Å². The third-order valence-corrected chi connectivity index (χ3v) is 6.25. The lowest BCUT2D eigenvalue weighted by molar-refractivity contribution is -0.136. The van der Waals surface area contributed by atoms with Gasteiger partial charge in [0.05, 0.1) is 31.4 Å². The van der Waals surface area contributed by atoms with E-state index in [9.17, 15) is 9.59 Å². The van der Waals surface area contributed by atoms with Crippen molar-refractivity contribution in [3.63, 3.8) is 0 Å². The molecule has 32 heavy (non-hydrogen) atoms. The number of ether oxygens (including phenoxy) is 3. The van der Waals surface area contributed by atoms with Crippen LogP contribution >= 0.6 is 15.9 Å². The molecule has 0 bridgehead atoms. The zero-order chi connectivity index (χ0) is 23.0. The van der Waals surface area contributed by atoms with E-state index < -0.39 is 11.9 Å². The molecular weight excluding hydrogens is 474 g/mol. The molecule has 0 unspecified atom stereocenters. The van der Waals surface area contributed by atoms with Crippen molar-refractivity contribution in [3.8, 4) is 23.8 Å². The second-order valence-electron chi connectivity index (χ2n) is 7.27. The lowest BCUT2D eigenvalue weighted by Crippen LogP contribution is -2.29. The number of carbonyl (C=O) groups excluding carboxylic acids is 2. The number of allylic oxidation sites excluding steroid dienone is 2. The van der Waals surface area contributed by atoms with Crippen LogP contribution in [0.5, 0.6) is 11.5 Å². The summed E-state index contributed by atoms with van der Waals surface area (Å²) in [6.45, 7) is 1.87. The van der Waals surface area contributed by atoms with Crippen molar-refractivity contribution in [3.05, 3.63) is 74.4 Å². The third-order valence-electron chi connectivity index (χ3n) is 5.56. The number of hydrogen-bond acceptors (Lipinski definition) is 6. The Morgan fingerprint density at radius 1 is 1.19 bits per heavy atom. The Balaban J connectivity index is 1.95. The Labute approximate surface area is 194 Å². The zero-order valence-electron chi connectivity index (χ0n) is 17.7. The standard InChI is InChI=1S/C25H20BrNO5/c1-5-10-32-19-12-17(26)16(11-18(19)30-3)21-20(25(29)31-4)13(2)27-23-14-8-6-7-9-15(14)24(28)22(21)23/h1,6-9,11-12,21,27H,10H2,2-4H3/t21-/m0/s1. The normalized spacial score (nSPS) is 16.7. The van der Waals surface area contributed by atoms with E-state index in [2.05, 4.69) is 27.2 Å². The number of dihydropyridines is 1. The van der Waals surface area contributed by atoms with E-state index in [-0.39, 0.29) is 12.4 Å². The van der Waals surface area contributed by atoms with Gasteiger partial charge in [0.1, 0.15) is 6.61 Å². The number of methoxy groups -OCH3 is 2. The van der Waals surface area contributed by atoms with Gasteiger partial charge in [-0.15, -0.1) is 6.42 Å². The van der Waals surface area contributed by atoms with E-state index in [0.717, 1.165) is 5.56 Å². The van der Waals surface area contributed by atoms with Crippen LogP contribution in [0.2, 0.25) is 0 Å². The molecule has 0 radical (unpaired) electrons. The fourth-order valence-electron chi connectivity index (χ4n) is 4.18. The molecule has 2 aromatic carbocycles. The summed E-state index contributed by atoms with van der Waals surface area (Å²) >= 11 is 3.59. The number of ketones is 1. The van der Waals surface area contributed by atoms with Gasteiger partial charge in [-0.3, -0.25) is 4.79 Å². The monoisotopic (exact) mass is 493 g/mol. The highest BCUT2D eigenvalue weighted by Gasteiger charge is 2.43. The van der Waals surface area contributed by atoms with E-state index in [1.165, 1.54) is 14.2 Å². The third kappa shape index (κ3) is 3.37. The average Bonchev–Trinajstić information content (AvgIpc) is 3.08. The van der Waals surface area contributed by atoms with Gasteiger partial charge in [-0.05, 0) is 24.6 Å². The molecule has 6 nitrogen and oxygen atoms in total. The predicted octanol–water partition coefficient (Wildman–Crippen LogP) is 4.21.